The summed E-state index contributed by atoms with van der Waals surface area (Å²) >= 11 is 3.28. The fourth-order valence-electron chi connectivity index (χ4n) is 1.80. The van der Waals surface area contributed by atoms with Gasteiger partial charge in [0.2, 0.25) is 0 Å². The fraction of sp³-hybridized carbons (Fsp3) is 0.176. The molecule has 0 aromatic heterocycles. The number of halogens is 1. The SMILES string of the molecule is CCOc1cc(C#N)cc(Br)c1OC(=O)COc1ccccc1. The Morgan fingerprint density at radius 1 is 1.22 bits per heavy atom. The third-order valence-electron chi connectivity index (χ3n) is 2.75. The van der Waals surface area contributed by atoms with Crippen molar-refractivity contribution in [2.75, 3.05) is 13.2 Å². The molecule has 0 bridgehead atoms. The van der Waals surface area contributed by atoms with E-state index in [0.717, 1.165) is 0 Å². The van der Waals surface area contributed by atoms with Crippen molar-refractivity contribution in [3.63, 3.8) is 0 Å². The van der Waals surface area contributed by atoms with E-state index in [-0.39, 0.29) is 12.4 Å². The Hall–Kier alpha value is -2.52. The molecule has 0 N–H and O–H groups in total. The molecule has 0 saturated carbocycles. The molecule has 0 heterocycles. The van der Waals surface area contributed by atoms with Crippen molar-refractivity contribution in [1.29, 1.82) is 5.26 Å². The molecule has 2 aromatic carbocycles. The molecule has 0 radical (unpaired) electrons. The van der Waals surface area contributed by atoms with Crippen LogP contribution in [0.2, 0.25) is 0 Å². The van der Waals surface area contributed by atoms with Gasteiger partial charge in [0.25, 0.3) is 0 Å². The smallest absolute Gasteiger partial charge is 0.349 e. The van der Waals surface area contributed by atoms with Gasteiger partial charge in [-0.25, -0.2) is 4.79 Å². The average Bonchev–Trinajstić information content (AvgIpc) is 2.57. The third-order valence-corrected chi connectivity index (χ3v) is 3.34. The molecule has 6 heteroatoms. The van der Waals surface area contributed by atoms with Crippen molar-refractivity contribution in [3.8, 4) is 23.3 Å². The second-order valence-corrected chi connectivity index (χ2v) is 5.26. The van der Waals surface area contributed by atoms with Gasteiger partial charge in [0, 0.05) is 6.07 Å². The second-order valence-electron chi connectivity index (χ2n) is 4.41. The lowest BCUT2D eigenvalue weighted by molar-refractivity contribution is -0.136. The van der Waals surface area contributed by atoms with Crippen LogP contribution in [0, 0.1) is 11.3 Å². The zero-order valence-corrected chi connectivity index (χ0v) is 14.0. The van der Waals surface area contributed by atoms with Gasteiger partial charge < -0.3 is 14.2 Å². The van der Waals surface area contributed by atoms with E-state index in [9.17, 15) is 4.79 Å². The summed E-state index contributed by atoms with van der Waals surface area (Å²) in [5.41, 5.74) is 0.403. The first kappa shape index (κ1) is 16.8. The highest BCUT2D eigenvalue weighted by Gasteiger charge is 2.16. The number of para-hydroxylation sites is 1. The molecule has 0 aliphatic rings. The van der Waals surface area contributed by atoms with Crippen LogP contribution in [0.15, 0.2) is 46.9 Å². The Kier molecular flexibility index (Phi) is 6.01. The van der Waals surface area contributed by atoms with Gasteiger partial charge in [-0.1, -0.05) is 18.2 Å². The number of nitrogens with zero attached hydrogens (tertiary/aromatic N) is 1. The van der Waals surface area contributed by atoms with E-state index in [1.807, 2.05) is 24.3 Å². The van der Waals surface area contributed by atoms with Crippen LogP contribution in [0.25, 0.3) is 0 Å². The van der Waals surface area contributed by atoms with Crippen LogP contribution >= 0.6 is 15.9 Å². The first-order valence-electron chi connectivity index (χ1n) is 6.89. The maximum atomic E-state index is 12.0. The zero-order chi connectivity index (χ0) is 16.7. The number of hydrogen-bond donors (Lipinski definition) is 0. The fourth-order valence-corrected chi connectivity index (χ4v) is 2.32. The molecule has 0 atom stereocenters. The number of carbonyl (C=O) groups is 1. The molecule has 0 saturated heterocycles. The zero-order valence-electron chi connectivity index (χ0n) is 12.4. The van der Waals surface area contributed by atoms with Crippen LogP contribution < -0.4 is 14.2 Å². The van der Waals surface area contributed by atoms with Gasteiger partial charge in [-0.15, -0.1) is 0 Å². The molecular weight excluding hydrogens is 362 g/mol. The number of ether oxygens (including phenoxy) is 3. The molecule has 0 aliphatic heterocycles. The summed E-state index contributed by atoms with van der Waals surface area (Å²) in [4.78, 5) is 12.0. The van der Waals surface area contributed by atoms with Crippen molar-refractivity contribution < 1.29 is 19.0 Å². The molecule has 0 amide bonds. The lowest BCUT2D eigenvalue weighted by Crippen LogP contribution is -2.18. The minimum Gasteiger partial charge on any atom is -0.490 e. The van der Waals surface area contributed by atoms with Crippen LogP contribution in [0.3, 0.4) is 0 Å². The monoisotopic (exact) mass is 375 g/mol. The predicted octanol–water partition coefficient (Wildman–Crippen LogP) is 3.70. The van der Waals surface area contributed by atoms with Crippen LogP contribution in [-0.2, 0) is 4.79 Å². The number of rotatable bonds is 6. The van der Waals surface area contributed by atoms with Crippen molar-refractivity contribution in [2.45, 2.75) is 6.92 Å². The highest BCUT2D eigenvalue weighted by Crippen LogP contribution is 2.36. The number of nitriles is 1. The maximum absolute atomic E-state index is 12.0. The number of esters is 1. The molecule has 0 spiro atoms. The van der Waals surface area contributed by atoms with Gasteiger partial charge in [-0.2, -0.15) is 5.26 Å². The van der Waals surface area contributed by atoms with E-state index in [2.05, 4.69) is 15.9 Å². The van der Waals surface area contributed by atoms with Gasteiger partial charge in [-0.05, 0) is 41.1 Å². The highest BCUT2D eigenvalue weighted by molar-refractivity contribution is 9.10. The predicted molar refractivity (Wildman–Crippen MR) is 87.6 cm³/mol. The van der Waals surface area contributed by atoms with Crippen molar-refractivity contribution in [3.05, 3.63) is 52.5 Å². The first-order valence-corrected chi connectivity index (χ1v) is 7.68. The normalized spacial score (nSPS) is 9.78. The van der Waals surface area contributed by atoms with Crippen LogP contribution in [-0.4, -0.2) is 19.2 Å². The van der Waals surface area contributed by atoms with E-state index >= 15 is 0 Å². The van der Waals surface area contributed by atoms with E-state index in [1.165, 1.54) is 6.07 Å². The Morgan fingerprint density at radius 3 is 2.61 bits per heavy atom. The molecule has 118 valence electrons. The topological polar surface area (TPSA) is 68.5 Å². The van der Waals surface area contributed by atoms with E-state index in [1.54, 1.807) is 25.1 Å². The molecular formula is C17H14BrNO4. The quantitative estimate of drug-likeness (QED) is 0.568. The lowest BCUT2D eigenvalue weighted by Gasteiger charge is -2.13. The lowest BCUT2D eigenvalue weighted by atomic mass is 10.2. The maximum Gasteiger partial charge on any atom is 0.349 e. The molecule has 2 aromatic rings. The summed E-state index contributed by atoms with van der Waals surface area (Å²) in [6.07, 6.45) is 0. The Morgan fingerprint density at radius 2 is 1.96 bits per heavy atom. The largest absolute Gasteiger partial charge is 0.490 e. The molecule has 2 rings (SSSR count). The minimum absolute atomic E-state index is 0.229. The van der Waals surface area contributed by atoms with Gasteiger partial charge in [0.1, 0.15) is 5.75 Å². The highest BCUT2D eigenvalue weighted by atomic mass is 79.9. The van der Waals surface area contributed by atoms with Gasteiger partial charge in [0.05, 0.1) is 22.7 Å². The van der Waals surface area contributed by atoms with Crippen LogP contribution in [0.1, 0.15) is 12.5 Å². The summed E-state index contributed by atoms with van der Waals surface area (Å²) in [5, 5.41) is 8.98. The van der Waals surface area contributed by atoms with Crippen molar-refractivity contribution in [1.82, 2.24) is 0 Å². The minimum atomic E-state index is -0.569. The van der Waals surface area contributed by atoms with Gasteiger partial charge in [-0.3, -0.25) is 0 Å². The Balaban J connectivity index is 2.09. The molecule has 0 aliphatic carbocycles. The number of carbonyl (C=O) groups excluding carboxylic acids is 1. The first-order chi connectivity index (χ1) is 11.1. The van der Waals surface area contributed by atoms with Gasteiger partial charge >= 0.3 is 5.97 Å². The van der Waals surface area contributed by atoms with Crippen molar-refractivity contribution >= 4 is 21.9 Å². The molecule has 0 unspecified atom stereocenters. The summed E-state index contributed by atoms with van der Waals surface area (Å²) in [6.45, 7) is 1.95. The second kappa shape index (κ2) is 8.20. The Labute approximate surface area is 142 Å². The van der Waals surface area contributed by atoms with E-state index in [4.69, 9.17) is 19.5 Å². The summed E-state index contributed by atoms with van der Waals surface area (Å²) in [7, 11) is 0. The summed E-state index contributed by atoms with van der Waals surface area (Å²) < 4.78 is 16.5. The standard InChI is InChI=1S/C17H14BrNO4/c1-2-21-15-9-12(10-19)8-14(18)17(15)23-16(20)11-22-13-6-4-3-5-7-13/h3-9H,2,11H2,1H3. The van der Waals surface area contributed by atoms with Gasteiger partial charge in [0.15, 0.2) is 18.1 Å². The van der Waals surface area contributed by atoms with Crippen molar-refractivity contribution in [2.24, 2.45) is 0 Å². The van der Waals surface area contributed by atoms with Crippen LogP contribution in [0.5, 0.6) is 17.2 Å². The van der Waals surface area contributed by atoms with E-state index < -0.39 is 5.97 Å². The summed E-state index contributed by atoms with van der Waals surface area (Å²) in [6, 6.07) is 14.1. The molecule has 0 fully saturated rings. The average molecular weight is 376 g/mol. The molecule has 5 nitrogen and oxygen atoms in total. The molecule has 23 heavy (non-hydrogen) atoms. The van der Waals surface area contributed by atoms with E-state index in [0.29, 0.717) is 28.1 Å². The third kappa shape index (κ3) is 4.73. The summed E-state index contributed by atoms with van der Waals surface area (Å²) in [5.74, 6) is 0.563. The van der Waals surface area contributed by atoms with Crippen LogP contribution in [0.4, 0.5) is 0 Å². The number of hydrogen-bond acceptors (Lipinski definition) is 5. The Bertz CT molecular complexity index is 725. The number of benzene rings is 2.